The molecule has 2 aliphatic rings. The smallest absolute Gasteiger partial charge is 0.412 e. The number of benzene rings is 1. The summed E-state index contributed by atoms with van der Waals surface area (Å²) in [6.07, 6.45) is 2.93. The molecular formula is C21H21Br2N3O4. The zero-order valence-electron chi connectivity index (χ0n) is 16.4. The standard InChI is InChI=1S/C21H21Br2N3O4/c1-21(2)26(20(28)29-11-12-6-4-3-5-7-12)17-14(8-9-16(17)30-21)25-19(27)15-10-13(22)18(23)24-15/h3-10,14,16-17,24H,11H2,1-2H3,(H,25,27)/t14-,16-,17+/m1/s1. The van der Waals surface area contributed by atoms with E-state index in [1.54, 1.807) is 11.0 Å². The SMILES string of the molecule is CC1(C)O[C@@H]2C=C[C@@H](NC(=O)c3cc(Br)c(Br)[nH]3)[C@@H]2N1C(=O)OCc1ccccc1. The quantitative estimate of drug-likeness (QED) is 0.567. The number of hydrogen-bond donors (Lipinski definition) is 2. The van der Waals surface area contributed by atoms with Crippen LogP contribution in [0, 0.1) is 0 Å². The molecule has 2 aromatic rings. The number of aromatic amines is 1. The largest absolute Gasteiger partial charge is 0.444 e. The zero-order valence-corrected chi connectivity index (χ0v) is 19.6. The number of amides is 2. The van der Waals surface area contributed by atoms with Gasteiger partial charge in [-0.15, -0.1) is 0 Å². The lowest BCUT2D eigenvalue weighted by molar-refractivity contribution is -0.0626. The molecule has 1 fully saturated rings. The Labute approximate surface area is 191 Å². The highest BCUT2D eigenvalue weighted by atomic mass is 79.9. The summed E-state index contributed by atoms with van der Waals surface area (Å²) in [6, 6.07) is 10.4. The number of H-pyrrole nitrogens is 1. The highest BCUT2D eigenvalue weighted by Gasteiger charge is 2.54. The first-order valence-corrected chi connectivity index (χ1v) is 11.1. The molecule has 0 bridgehead atoms. The van der Waals surface area contributed by atoms with Gasteiger partial charge in [0.25, 0.3) is 5.91 Å². The van der Waals surface area contributed by atoms with Crippen molar-refractivity contribution in [2.24, 2.45) is 0 Å². The summed E-state index contributed by atoms with van der Waals surface area (Å²) in [5, 5.41) is 2.98. The van der Waals surface area contributed by atoms with E-state index in [2.05, 4.69) is 42.2 Å². The minimum Gasteiger partial charge on any atom is -0.444 e. The van der Waals surface area contributed by atoms with E-state index in [0.29, 0.717) is 10.3 Å². The summed E-state index contributed by atoms with van der Waals surface area (Å²) >= 11 is 6.70. The lowest BCUT2D eigenvalue weighted by Crippen LogP contribution is -2.55. The fourth-order valence-corrected chi connectivity index (χ4v) is 4.50. The normalized spacial score (nSPS) is 24.0. The summed E-state index contributed by atoms with van der Waals surface area (Å²) in [4.78, 5) is 30.2. The van der Waals surface area contributed by atoms with Crippen molar-refractivity contribution < 1.29 is 19.1 Å². The van der Waals surface area contributed by atoms with Crippen LogP contribution in [0.1, 0.15) is 29.9 Å². The highest BCUT2D eigenvalue weighted by Crippen LogP contribution is 2.38. The van der Waals surface area contributed by atoms with E-state index in [1.165, 1.54) is 0 Å². The van der Waals surface area contributed by atoms with Crippen LogP contribution in [-0.2, 0) is 16.1 Å². The first-order chi connectivity index (χ1) is 14.3. The molecule has 0 saturated carbocycles. The Morgan fingerprint density at radius 2 is 1.97 bits per heavy atom. The monoisotopic (exact) mass is 537 g/mol. The maximum atomic E-state index is 13.0. The molecular weight excluding hydrogens is 518 g/mol. The van der Waals surface area contributed by atoms with Gasteiger partial charge in [0.1, 0.15) is 24.1 Å². The third-order valence-electron chi connectivity index (χ3n) is 5.18. The van der Waals surface area contributed by atoms with Gasteiger partial charge in [-0.2, -0.15) is 0 Å². The topological polar surface area (TPSA) is 83.7 Å². The van der Waals surface area contributed by atoms with Crippen LogP contribution in [0.3, 0.4) is 0 Å². The van der Waals surface area contributed by atoms with E-state index in [1.807, 2.05) is 56.3 Å². The van der Waals surface area contributed by atoms with Gasteiger partial charge < -0.3 is 19.8 Å². The number of carbonyl (C=O) groups is 2. The van der Waals surface area contributed by atoms with E-state index in [4.69, 9.17) is 9.47 Å². The van der Waals surface area contributed by atoms with E-state index < -0.39 is 23.9 Å². The average Bonchev–Trinajstić information content (AvgIpc) is 3.32. The van der Waals surface area contributed by atoms with Gasteiger partial charge in [0.05, 0.1) is 21.2 Å². The van der Waals surface area contributed by atoms with Crippen molar-refractivity contribution in [2.75, 3.05) is 0 Å². The first kappa shape index (κ1) is 21.1. The average molecular weight is 539 g/mol. The minimum absolute atomic E-state index is 0.165. The van der Waals surface area contributed by atoms with Crippen LogP contribution < -0.4 is 5.32 Å². The second-order valence-electron chi connectivity index (χ2n) is 7.66. The number of halogens is 2. The molecule has 7 nitrogen and oxygen atoms in total. The van der Waals surface area contributed by atoms with E-state index in [0.717, 1.165) is 10.0 Å². The molecule has 30 heavy (non-hydrogen) atoms. The van der Waals surface area contributed by atoms with Gasteiger partial charge >= 0.3 is 6.09 Å². The Hall–Kier alpha value is -2.10. The molecule has 0 radical (unpaired) electrons. The number of aromatic nitrogens is 1. The van der Waals surface area contributed by atoms with Gasteiger partial charge in [0.15, 0.2) is 0 Å². The molecule has 2 N–H and O–H groups in total. The zero-order chi connectivity index (χ0) is 21.5. The van der Waals surface area contributed by atoms with Crippen LogP contribution in [0.25, 0.3) is 0 Å². The van der Waals surface area contributed by atoms with Crippen molar-refractivity contribution in [1.82, 2.24) is 15.2 Å². The fraction of sp³-hybridized carbons (Fsp3) is 0.333. The Bertz CT molecular complexity index is 970. The van der Waals surface area contributed by atoms with Crippen molar-refractivity contribution in [2.45, 2.75) is 44.4 Å². The number of hydrogen-bond acceptors (Lipinski definition) is 4. The number of rotatable bonds is 4. The van der Waals surface area contributed by atoms with Gasteiger partial charge in [-0.05, 0) is 57.3 Å². The maximum Gasteiger partial charge on any atom is 0.412 e. The number of fused-ring (bicyclic) bond motifs is 1. The Balaban J connectivity index is 1.49. The second kappa shape index (κ2) is 8.20. The maximum absolute atomic E-state index is 13.0. The summed E-state index contributed by atoms with van der Waals surface area (Å²) in [7, 11) is 0. The van der Waals surface area contributed by atoms with E-state index in [9.17, 15) is 9.59 Å². The molecule has 2 heterocycles. The third-order valence-corrected chi connectivity index (χ3v) is 6.97. The molecule has 0 spiro atoms. The molecule has 0 unspecified atom stereocenters. The molecule has 4 rings (SSSR count). The van der Waals surface area contributed by atoms with Crippen molar-refractivity contribution in [3.05, 3.63) is 68.9 Å². The van der Waals surface area contributed by atoms with Gasteiger partial charge in [0.2, 0.25) is 0 Å². The molecule has 9 heteroatoms. The van der Waals surface area contributed by atoms with Crippen LogP contribution in [0.15, 0.2) is 57.6 Å². The third kappa shape index (κ3) is 4.06. The van der Waals surface area contributed by atoms with Gasteiger partial charge in [0, 0.05) is 0 Å². The van der Waals surface area contributed by atoms with Crippen LogP contribution in [0.4, 0.5) is 4.79 Å². The summed E-state index contributed by atoms with van der Waals surface area (Å²) < 4.78 is 13.1. The minimum atomic E-state index is -0.866. The lowest BCUT2D eigenvalue weighted by Gasteiger charge is -2.34. The first-order valence-electron chi connectivity index (χ1n) is 9.47. The van der Waals surface area contributed by atoms with Crippen LogP contribution in [0.2, 0.25) is 0 Å². The van der Waals surface area contributed by atoms with Gasteiger partial charge in [-0.25, -0.2) is 4.79 Å². The predicted octanol–water partition coefficient (Wildman–Crippen LogP) is 4.35. The fourth-order valence-electron chi connectivity index (χ4n) is 3.85. The molecule has 1 aliphatic heterocycles. The summed E-state index contributed by atoms with van der Waals surface area (Å²) in [5.41, 5.74) is 0.439. The van der Waals surface area contributed by atoms with Crippen LogP contribution in [0.5, 0.6) is 0 Å². The summed E-state index contributed by atoms with van der Waals surface area (Å²) in [5.74, 6) is -0.279. The molecule has 2 amide bonds. The van der Waals surface area contributed by atoms with Crippen molar-refractivity contribution in [1.29, 1.82) is 0 Å². The predicted molar refractivity (Wildman–Crippen MR) is 118 cm³/mol. The number of ether oxygens (including phenoxy) is 2. The van der Waals surface area contributed by atoms with Crippen molar-refractivity contribution >= 4 is 43.9 Å². The highest BCUT2D eigenvalue weighted by molar-refractivity contribution is 9.13. The molecule has 1 aromatic carbocycles. The van der Waals surface area contributed by atoms with Crippen LogP contribution in [-0.4, -0.2) is 45.8 Å². The Kier molecular flexibility index (Phi) is 5.78. The molecule has 3 atom stereocenters. The van der Waals surface area contributed by atoms with Crippen molar-refractivity contribution in [3.8, 4) is 0 Å². The summed E-state index contributed by atoms with van der Waals surface area (Å²) in [6.45, 7) is 3.81. The Morgan fingerprint density at radius 1 is 1.23 bits per heavy atom. The Morgan fingerprint density at radius 3 is 2.63 bits per heavy atom. The van der Waals surface area contributed by atoms with E-state index in [-0.39, 0.29) is 18.6 Å². The lowest BCUT2D eigenvalue weighted by atomic mass is 10.1. The van der Waals surface area contributed by atoms with Crippen molar-refractivity contribution in [3.63, 3.8) is 0 Å². The van der Waals surface area contributed by atoms with Gasteiger partial charge in [-0.3, -0.25) is 9.69 Å². The number of carbonyl (C=O) groups excluding carboxylic acids is 2. The molecule has 1 saturated heterocycles. The van der Waals surface area contributed by atoms with E-state index >= 15 is 0 Å². The molecule has 158 valence electrons. The molecule has 1 aliphatic carbocycles. The molecule has 1 aromatic heterocycles. The second-order valence-corrected chi connectivity index (χ2v) is 9.31. The number of nitrogens with zero attached hydrogens (tertiary/aromatic N) is 1. The number of nitrogens with one attached hydrogen (secondary N) is 2. The van der Waals surface area contributed by atoms with Crippen LogP contribution >= 0.6 is 31.9 Å². The van der Waals surface area contributed by atoms with Gasteiger partial charge in [-0.1, -0.05) is 42.5 Å².